The van der Waals surface area contributed by atoms with Crippen molar-refractivity contribution in [2.24, 2.45) is 17.8 Å². The lowest BCUT2D eigenvalue weighted by Crippen LogP contribution is -2.38. The Bertz CT molecular complexity index is 1000. The van der Waals surface area contributed by atoms with E-state index >= 15 is 0 Å². The van der Waals surface area contributed by atoms with Crippen molar-refractivity contribution in [3.8, 4) is 0 Å². The molecule has 4 N–H and O–H groups in total. The number of carbonyl (C=O) groups is 2. The molecule has 0 heterocycles. The third kappa shape index (κ3) is 44.3. The maximum absolute atomic E-state index is 11.7. The molecule has 66 heavy (non-hydrogen) atoms. The summed E-state index contributed by atoms with van der Waals surface area (Å²) < 4.78 is 0. The minimum atomic E-state index is -0.386. The minimum Gasteiger partial charge on any atom is -0.392 e. The summed E-state index contributed by atoms with van der Waals surface area (Å²) in [7, 11) is 0. The van der Waals surface area contributed by atoms with Gasteiger partial charge in [-0.05, 0) is 97.6 Å². The van der Waals surface area contributed by atoms with E-state index in [4.69, 9.17) is 0 Å². The molecule has 7 atom stereocenters. The predicted octanol–water partition coefficient (Wildman–Crippen LogP) is 14.4. The summed E-state index contributed by atoms with van der Waals surface area (Å²) in [6, 6.07) is 0. The summed E-state index contributed by atoms with van der Waals surface area (Å²) in [6.07, 6.45) is 39.0. The van der Waals surface area contributed by atoms with Gasteiger partial charge in [0.1, 0.15) is 11.6 Å². The molecule has 0 radical (unpaired) electrons. The highest BCUT2D eigenvalue weighted by Gasteiger charge is 2.21. The Morgan fingerprint density at radius 2 is 0.712 bits per heavy atom. The lowest BCUT2D eigenvalue weighted by Gasteiger charge is -2.27. The molecule has 0 aliphatic carbocycles. The van der Waals surface area contributed by atoms with Gasteiger partial charge in [0, 0.05) is 38.0 Å². The maximum atomic E-state index is 11.7. The normalized spacial score (nSPS) is 15.0. The molecular formula is C58H118N2O6. The van der Waals surface area contributed by atoms with Crippen LogP contribution >= 0.6 is 0 Å². The highest BCUT2D eigenvalue weighted by molar-refractivity contribution is 5.78. The van der Waals surface area contributed by atoms with Crippen molar-refractivity contribution < 1.29 is 30.0 Å². The van der Waals surface area contributed by atoms with Gasteiger partial charge in [-0.2, -0.15) is 0 Å². The van der Waals surface area contributed by atoms with Crippen molar-refractivity contribution in [2.75, 3.05) is 39.3 Å². The number of nitrogens with zero attached hydrogens (tertiary/aromatic N) is 2. The van der Waals surface area contributed by atoms with E-state index < -0.39 is 0 Å². The molecule has 0 aliphatic rings. The van der Waals surface area contributed by atoms with Crippen LogP contribution < -0.4 is 0 Å². The first-order chi connectivity index (χ1) is 31.7. The lowest BCUT2D eigenvalue weighted by atomic mass is 9.85. The number of unbranched alkanes of at least 4 members (excludes halogenated alkanes) is 22. The van der Waals surface area contributed by atoms with E-state index in [9.17, 15) is 30.0 Å². The summed E-state index contributed by atoms with van der Waals surface area (Å²) in [4.78, 5) is 28.0. The number of carbonyl (C=O) groups excluding carboxylic acids is 2. The summed E-state index contributed by atoms with van der Waals surface area (Å²) >= 11 is 0. The predicted molar refractivity (Wildman–Crippen MR) is 285 cm³/mol. The van der Waals surface area contributed by atoms with Crippen molar-refractivity contribution in [3.63, 3.8) is 0 Å². The first-order valence-electron chi connectivity index (χ1n) is 28.9. The molecule has 0 rings (SSSR count). The quantitative estimate of drug-likeness (QED) is 0.0445. The zero-order chi connectivity index (χ0) is 49.6. The second-order valence-electron chi connectivity index (χ2n) is 21.1. The number of hydrogen-bond acceptors (Lipinski definition) is 8. The van der Waals surface area contributed by atoms with E-state index in [2.05, 4.69) is 51.3 Å². The molecule has 8 heteroatoms. The van der Waals surface area contributed by atoms with Crippen molar-refractivity contribution in [3.05, 3.63) is 0 Å². The van der Waals surface area contributed by atoms with Gasteiger partial charge in [-0.25, -0.2) is 0 Å². The number of rotatable bonds is 49. The van der Waals surface area contributed by atoms with Crippen LogP contribution in [0.5, 0.6) is 0 Å². The van der Waals surface area contributed by atoms with Crippen LogP contribution in [0.4, 0.5) is 0 Å². The fraction of sp³-hybridized carbons (Fsp3) is 0.966. The molecule has 0 spiro atoms. The zero-order valence-corrected chi connectivity index (χ0v) is 45.8. The number of aliphatic hydroxyl groups is 4. The number of aliphatic hydroxyl groups excluding tert-OH is 4. The molecule has 0 aromatic heterocycles. The van der Waals surface area contributed by atoms with Crippen LogP contribution in [0.3, 0.4) is 0 Å². The third-order valence-corrected chi connectivity index (χ3v) is 14.2. The standard InChI is InChI=1S/C33H67NO3.C25H51NO3/c1-5-8-10-12-14-16-18-20-25-32(36)28-34(27-23-22-24-31(7-3)30(4)35)29-33(37)26-21-19-17-15-13-11-9-6-2;1-6-8-9-10-11-12-13-14-17-24(29)20-26(19-22(4)27)18-15-16-21(3)25(7-2)23(5)28/h31-33,36-37H,5-29H2,1-4H3;21-22,24-25,27,29H,6-20H2,1-5H3/t31-,32?,33?;21?,22?,24?,25-/m00/s1. The molecule has 0 bridgehead atoms. The summed E-state index contributed by atoms with van der Waals surface area (Å²) in [5.41, 5.74) is 0. The Labute approximate surface area is 412 Å². The van der Waals surface area contributed by atoms with Crippen LogP contribution in [0.25, 0.3) is 0 Å². The first-order valence-corrected chi connectivity index (χ1v) is 28.9. The highest BCUT2D eigenvalue weighted by Crippen LogP contribution is 2.22. The van der Waals surface area contributed by atoms with E-state index in [0.717, 1.165) is 96.6 Å². The van der Waals surface area contributed by atoms with E-state index in [1.807, 2.05) is 6.92 Å². The van der Waals surface area contributed by atoms with Gasteiger partial charge in [0.15, 0.2) is 0 Å². The highest BCUT2D eigenvalue weighted by atomic mass is 16.3. The van der Waals surface area contributed by atoms with Crippen LogP contribution in [0, 0.1) is 17.8 Å². The summed E-state index contributed by atoms with van der Waals surface area (Å²) in [5, 5.41) is 41.7. The van der Waals surface area contributed by atoms with E-state index in [0.29, 0.717) is 43.7 Å². The van der Waals surface area contributed by atoms with E-state index in [1.165, 1.54) is 135 Å². The van der Waals surface area contributed by atoms with Crippen molar-refractivity contribution in [1.29, 1.82) is 0 Å². The third-order valence-electron chi connectivity index (χ3n) is 14.2. The van der Waals surface area contributed by atoms with Gasteiger partial charge in [0.25, 0.3) is 0 Å². The minimum absolute atomic E-state index is 0.160. The van der Waals surface area contributed by atoms with E-state index in [-0.39, 0.29) is 36.3 Å². The lowest BCUT2D eigenvalue weighted by molar-refractivity contribution is -0.122. The Kier molecular flexibility index (Phi) is 50.0. The fourth-order valence-electron chi connectivity index (χ4n) is 9.95. The molecule has 0 saturated carbocycles. The number of hydrogen-bond donors (Lipinski definition) is 4. The van der Waals surface area contributed by atoms with Gasteiger partial charge in [-0.15, -0.1) is 0 Å². The van der Waals surface area contributed by atoms with Gasteiger partial charge in [-0.1, -0.05) is 202 Å². The van der Waals surface area contributed by atoms with E-state index in [1.54, 1.807) is 13.8 Å². The van der Waals surface area contributed by atoms with Crippen molar-refractivity contribution in [2.45, 2.75) is 305 Å². The molecule has 0 aromatic rings. The number of Topliss-reactive ketones (excluding diaryl/α,β-unsaturated/α-hetero) is 2. The van der Waals surface area contributed by atoms with Gasteiger partial charge in [-0.3, -0.25) is 19.4 Å². The summed E-state index contributed by atoms with van der Waals surface area (Å²) in [5.74, 6) is 1.34. The topological polar surface area (TPSA) is 122 Å². The molecule has 0 fully saturated rings. The molecule has 0 aliphatic heterocycles. The van der Waals surface area contributed by atoms with Crippen LogP contribution in [0.15, 0.2) is 0 Å². The smallest absolute Gasteiger partial charge is 0.133 e. The Morgan fingerprint density at radius 3 is 1.03 bits per heavy atom. The second kappa shape index (κ2) is 49.1. The van der Waals surface area contributed by atoms with Gasteiger partial charge in [0.2, 0.25) is 0 Å². The van der Waals surface area contributed by atoms with Gasteiger partial charge < -0.3 is 20.4 Å². The molecule has 8 nitrogen and oxygen atoms in total. The Hall–Kier alpha value is -0.900. The van der Waals surface area contributed by atoms with Gasteiger partial charge in [0.05, 0.1) is 24.4 Å². The zero-order valence-electron chi connectivity index (χ0n) is 45.8. The van der Waals surface area contributed by atoms with Crippen molar-refractivity contribution in [1.82, 2.24) is 9.80 Å². The SMILES string of the molecule is CCCCCCCCCCC(O)CN(CCCC(C)[C@H](CC)C(C)=O)CC(C)O.CCCCCCCCCCC(O)CN(CCCC[C@H](CC)C(C)=O)CC(O)CCCCCCCCCC. The molecule has 5 unspecified atom stereocenters. The largest absolute Gasteiger partial charge is 0.392 e. The van der Waals surface area contributed by atoms with Crippen molar-refractivity contribution >= 4 is 11.6 Å². The fourth-order valence-corrected chi connectivity index (χ4v) is 9.95. The van der Waals surface area contributed by atoms with Crippen LogP contribution in [0.2, 0.25) is 0 Å². The monoisotopic (exact) mass is 939 g/mol. The molecule has 0 saturated heterocycles. The average Bonchev–Trinajstić information content (AvgIpc) is 3.26. The maximum Gasteiger partial charge on any atom is 0.133 e. The molecule has 0 aromatic carbocycles. The van der Waals surface area contributed by atoms with Crippen LogP contribution in [-0.2, 0) is 9.59 Å². The Balaban J connectivity index is 0. The second-order valence-corrected chi connectivity index (χ2v) is 21.1. The number of ketones is 2. The first kappa shape index (κ1) is 67.2. The van der Waals surface area contributed by atoms with Crippen LogP contribution in [-0.4, -0.2) is 105 Å². The summed E-state index contributed by atoms with van der Waals surface area (Å²) in [6.45, 7) is 22.7. The van der Waals surface area contributed by atoms with Gasteiger partial charge >= 0.3 is 0 Å². The average molecular weight is 940 g/mol. The molecule has 0 amide bonds. The molecular weight excluding hydrogens is 821 g/mol. The van der Waals surface area contributed by atoms with Crippen LogP contribution in [0.1, 0.15) is 281 Å². The molecule has 396 valence electrons. The Morgan fingerprint density at radius 1 is 0.379 bits per heavy atom.